The number of hydrogen-bond acceptors (Lipinski definition) is 5. The summed E-state index contributed by atoms with van der Waals surface area (Å²) in [5, 5.41) is 16.0. The molecule has 2 aromatic heterocycles. The number of methoxy groups -OCH3 is 2. The van der Waals surface area contributed by atoms with E-state index in [1.165, 1.54) is 31.9 Å². The Hall–Kier alpha value is -4.33. The SMILES string of the molecule is COC(=O)c1c(C2=Cc3cc(OC)ccc3-c3c(C4CCCCC4)c4ccc(C(=O)O)cc4n3C2)nn(C(C)C)c1C. The molecule has 42 heavy (non-hydrogen) atoms. The number of carbonyl (C=O) groups is 2. The van der Waals surface area contributed by atoms with E-state index in [-0.39, 0.29) is 11.6 Å². The molecule has 1 aliphatic heterocycles. The second-order valence-electron chi connectivity index (χ2n) is 11.7. The van der Waals surface area contributed by atoms with Crippen LogP contribution in [0.1, 0.15) is 101 Å². The van der Waals surface area contributed by atoms with Gasteiger partial charge >= 0.3 is 11.9 Å². The second-order valence-corrected chi connectivity index (χ2v) is 11.7. The molecule has 0 radical (unpaired) electrons. The normalized spacial score (nSPS) is 15.2. The Balaban J connectivity index is 1.69. The van der Waals surface area contributed by atoms with Crippen LogP contribution in [-0.4, -0.2) is 45.6 Å². The van der Waals surface area contributed by atoms with E-state index in [1.54, 1.807) is 19.2 Å². The summed E-state index contributed by atoms with van der Waals surface area (Å²) in [4.78, 5) is 25.3. The van der Waals surface area contributed by atoms with Crippen molar-refractivity contribution < 1.29 is 24.2 Å². The molecule has 6 rings (SSSR count). The Morgan fingerprint density at radius 2 is 1.81 bits per heavy atom. The lowest BCUT2D eigenvalue weighted by Crippen LogP contribution is -2.09. The smallest absolute Gasteiger partial charge is 0.341 e. The number of carbonyl (C=O) groups excluding carboxylic acids is 1. The molecule has 1 aliphatic carbocycles. The van der Waals surface area contributed by atoms with Crippen molar-refractivity contribution in [3.05, 3.63) is 70.0 Å². The lowest BCUT2D eigenvalue weighted by molar-refractivity contribution is 0.0598. The standard InChI is InChI=1S/C34H37N3O5/c1-19(2)37-20(3)29(34(40)42-5)31(35-37)24-15-23-16-25(41-4)12-14-26(23)32-30(21-9-7-6-8-10-21)27-13-11-22(33(38)39)17-28(27)36(32)18-24/h11-17,19,21H,6-10,18H2,1-5H3,(H,38,39). The van der Waals surface area contributed by atoms with E-state index in [4.69, 9.17) is 14.6 Å². The molecule has 0 amide bonds. The van der Waals surface area contributed by atoms with Crippen molar-refractivity contribution in [3.8, 4) is 17.0 Å². The number of nitrogens with zero attached hydrogens (tertiary/aromatic N) is 3. The number of rotatable bonds is 6. The highest BCUT2D eigenvalue weighted by molar-refractivity contribution is 6.03. The quantitative estimate of drug-likeness (QED) is 0.243. The molecule has 1 fully saturated rings. The predicted molar refractivity (Wildman–Crippen MR) is 163 cm³/mol. The molecule has 1 saturated carbocycles. The predicted octanol–water partition coefficient (Wildman–Crippen LogP) is 7.49. The molecule has 8 heteroatoms. The summed E-state index contributed by atoms with van der Waals surface area (Å²) < 4.78 is 15.0. The van der Waals surface area contributed by atoms with Crippen molar-refractivity contribution in [1.82, 2.24) is 14.3 Å². The minimum Gasteiger partial charge on any atom is -0.497 e. The molecular formula is C34H37N3O5. The third-order valence-electron chi connectivity index (χ3n) is 8.87. The summed E-state index contributed by atoms with van der Waals surface area (Å²) in [6, 6.07) is 11.6. The fourth-order valence-corrected chi connectivity index (χ4v) is 6.91. The maximum Gasteiger partial charge on any atom is 0.341 e. The summed E-state index contributed by atoms with van der Waals surface area (Å²) >= 11 is 0. The summed E-state index contributed by atoms with van der Waals surface area (Å²) in [7, 11) is 3.05. The van der Waals surface area contributed by atoms with Gasteiger partial charge in [0.25, 0.3) is 0 Å². The van der Waals surface area contributed by atoms with Crippen molar-refractivity contribution >= 4 is 34.5 Å². The first-order valence-electron chi connectivity index (χ1n) is 14.7. The first-order chi connectivity index (χ1) is 20.2. The molecule has 0 bridgehead atoms. The van der Waals surface area contributed by atoms with Crippen LogP contribution >= 0.6 is 0 Å². The topological polar surface area (TPSA) is 95.6 Å². The monoisotopic (exact) mass is 567 g/mol. The Bertz CT molecular complexity index is 1750. The number of ether oxygens (including phenoxy) is 2. The van der Waals surface area contributed by atoms with Gasteiger partial charge in [-0.25, -0.2) is 9.59 Å². The van der Waals surface area contributed by atoms with Gasteiger partial charge in [0, 0.05) is 28.1 Å². The maximum absolute atomic E-state index is 13.2. The Labute approximate surface area is 245 Å². The van der Waals surface area contributed by atoms with Gasteiger partial charge in [0.15, 0.2) is 0 Å². The number of allylic oxidation sites excluding steroid dienone is 1. The average molecular weight is 568 g/mol. The molecule has 4 aromatic rings. The van der Waals surface area contributed by atoms with Crippen LogP contribution in [-0.2, 0) is 11.3 Å². The van der Waals surface area contributed by atoms with E-state index < -0.39 is 11.9 Å². The summed E-state index contributed by atoms with van der Waals surface area (Å²) in [5.74, 6) is -0.282. The van der Waals surface area contributed by atoms with Gasteiger partial charge in [0.05, 0.1) is 37.7 Å². The van der Waals surface area contributed by atoms with Crippen molar-refractivity contribution in [2.75, 3.05) is 14.2 Å². The fourth-order valence-electron chi connectivity index (χ4n) is 6.91. The lowest BCUT2D eigenvalue weighted by atomic mass is 9.81. The summed E-state index contributed by atoms with van der Waals surface area (Å²) in [6.07, 6.45) is 7.89. The van der Waals surface area contributed by atoms with Crippen LogP contribution in [0, 0.1) is 6.92 Å². The van der Waals surface area contributed by atoms with E-state index in [1.807, 2.05) is 43.7 Å². The van der Waals surface area contributed by atoms with Gasteiger partial charge in [-0.1, -0.05) is 25.3 Å². The molecule has 218 valence electrons. The number of fused-ring (bicyclic) bond motifs is 5. The van der Waals surface area contributed by atoms with Crippen LogP contribution in [0.4, 0.5) is 0 Å². The summed E-state index contributed by atoms with van der Waals surface area (Å²) in [6.45, 7) is 6.38. The molecule has 2 aromatic carbocycles. The lowest BCUT2D eigenvalue weighted by Gasteiger charge is -2.24. The highest BCUT2D eigenvalue weighted by Gasteiger charge is 2.32. The van der Waals surface area contributed by atoms with Gasteiger partial charge in [0.2, 0.25) is 0 Å². The highest BCUT2D eigenvalue weighted by Crippen LogP contribution is 2.48. The molecular weight excluding hydrogens is 530 g/mol. The van der Waals surface area contributed by atoms with E-state index in [2.05, 4.69) is 16.7 Å². The minimum atomic E-state index is -0.958. The highest BCUT2D eigenvalue weighted by atomic mass is 16.5. The van der Waals surface area contributed by atoms with Gasteiger partial charge in [-0.2, -0.15) is 5.10 Å². The third kappa shape index (κ3) is 4.49. The van der Waals surface area contributed by atoms with E-state index in [0.29, 0.717) is 23.7 Å². The number of carboxylic acids is 1. The van der Waals surface area contributed by atoms with E-state index >= 15 is 0 Å². The van der Waals surface area contributed by atoms with Gasteiger partial charge < -0.3 is 19.1 Å². The number of benzene rings is 2. The number of hydrogen-bond donors (Lipinski definition) is 1. The zero-order valence-electron chi connectivity index (χ0n) is 24.9. The van der Waals surface area contributed by atoms with E-state index in [9.17, 15) is 14.7 Å². The Morgan fingerprint density at radius 3 is 2.48 bits per heavy atom. The number of esters is 1. The first kappa shape index (κ1) is 27.8. The zero-order valence-corrected chi connectivity index (χ0v) is 24.9. The molecule has 0 atom stereocenters. The average Bonchev–Trinajstić information content (AvgIpc) is 3.45. The third-order valence-corrected chi connectivity index (χ3v) is 8.87. The molecule has 8 nitrogen and oxygen atoms in total. The van der Waals surface area contributed by atoms with Crippen LogP contribution < -0.4 is 4.74 Å². The zero-order chi connectivity index (χ0) is 29.7. The fraction of sp³-hybridized carbons (Fsp3) is 0.382. The largest absolute Gasteiger partial charge is 0.497 e. The number of aromatic carboxylic acids is 1. The van der Waals surface area contributed by atoms with Gasteiger partial charge in [-0.3, -0.25) is 4.68 Å². The van der Waals surface area contributed by atoms with Crippen LogP contribution in [0.25, 0.3) is 33.8 Å². The van der Waals surface area contributed by atoms with Gasteiger partial charge in [0.1, 0.15) is 17.0 Å². The molecule has 1 N–H and O–H groups in total. The van der Waals surface area contributed by atoms with Crippen LogP contribution in [0.3, 0.4) is 0 Å². The Morgan fingerprint density at radius 1 is 1.05 bits per heavy atom. The Kier molecular flexibility index (Phi) is 7.17. The van der Waals surface area contributed by atoms with Crippen molar-refractivity contribution in [3.63, 3.8) is 0 Å². The molecule has 0 spiro atoms. The van der Waals surface area contributed by atoms with Crippen molar-refractivity contribution in [2.24, 2.45) is 0 Å². The van der Waals surface area contributed by atoms with Crippen LogP contribution in [0.15, 0.2) is 36.4 Å². The first-order valence-corrected chi connectivity index (χ1v) is 14.7. The van der Waals surface area contributed by atoms with Crippen molar-refractivity contribution in [2.45, 2.75) is 71.4 Å². The molecule has 3 heterocycles. The maximum atomic E-state index is 13.2. The molecule has 0 unspecified atom stereocenters. The minimum absolute atomic E-state index is 0.0416. The van der Waals surface area contributed by atoms with Gasteiger partial charge in [-0.15, -0.1) is 0 Å². The molecule has 0 saturated heterocycles. The van der Waals surface area contributed by atoms with Crippen molar-refractivity contribution in [1.29, 1.82) is 0 Å². The second kappa shape index (κ2) is 10.8. The van der Waals surface area contributed by atoms with Gasteiger partial charge in [-0.05, 0) is 87.1 Å². The number of carboxylic acid groups (broad SMARTS) is 1. The number of aromatic nitrogens is 3. The van der Waals surface area contributed by atoms with E-state index in [0.717, 1.165) is 57.6 Å². The molecule has 2 aliphatic rings. The van der Waals surface area contributed by atoms with Crippen LogP contribution in [0.5, 0.6) is 5.75 Å². The summed E-state index contributed by atoms with van der Waals surface area (Å²) in [5.41, 5.74) is 8.13. The van der Waals surface area contributed by atoms with Crippen LogP contribution in [0.2, 0.25) is 0 Å².